The van der Waals surface area contributed by atoms with Crippen LogP contribution in [-0.2, 0) is 19.2 Å². The number of carboxylic acids is 2. The van der Waals surface area contributed by atoms with Crippen molar-refractivity contribution in [2.24, 2.45) is 11.8 Å². The van der Waals surface area contributed by atoms with E-state index in [2.05, 4.69) is 10.6 Å². The summed E-state index contributed by atoms with van der Waals surface area (Å²) in [5, 5.41) is 23.5. The smallest absolute Gasteiger partial charge is 0.326 e. The summed E-state index contributed by atoms with van der Waals surface area (Å²) in [6.45, 7) is 2.43. The zero-order chi connectivity index (χ0) is 29.4. The monoisotopic (exact) mass is 566 g/mol. The molecular weight excluding hydrogens is 508 g/mol. The molecule has 232 valence electrons. The lowest BCUT2D eigenvalue weighted by atomic mass is 9.81. The Hall–Kier alpha value is -2.12. The molecule has 0 aromatic carbocycles. The molecule has 0 spiro atoms. The third kappa shape index (κ3) is 19.0. The summed E-state index contributed by atoms with van der Waals surface area (Å²) in [5.74, 6) is -1.41. The van der Waals surface area contributed by atoms with E-state index in [9.17, 15) is 19.2 Å². The van der Waals surface area contributed by atoms with Crippen molar-refractivity contribution in [2.75, 3.05) is 6.54 Å². The van der Waals surface area contributed by atoms with Crippen LogP contribution in [-0.4, -0.2) is 46.6 Å². The van der Waals surface area contributed by atoms with E-state index in [1.165, 1.54) is 77.0 Å². The fourth-order valence-corrected chi connectivity index (χ4v) is 5.64. The Labute approximate surface area is 242 Å². The zero-order valence-electron chi connectivity index (χ0n) is 25.2. The molecule has 0 unspecified atom stereocenters. The third-order valence-corrected chi connectivity index (χ3v) is 8.37. The Morgan fingerprint density at radius 2 is 1.07 bits per heavy atom. The van der Waals surface area contributed by atoms with Crippen molar-refractivity contribution < 1.29 is 29.4 Å². The van der Waals surface area contributed by atoms with Gasteiger partial charge in [0.1, 0.15) is 6.04 Å². The van der Waals surface area contributed by atoms with Gasteiger partial charge in [0.25, 0.3) is 0 Å². The van der Waals surface area contributed by atoms with Gasteiger partial charge in [-0.3, -0.25) is 14.4 Å². The molecule has 1 aliphatic carbocycles. The van der Waals surface area contributed by atoms with E-state index in [0.717, 1.165) is 51.4 Å². The van der Waals surface area contributed by atoms with Gasteiger partial charge in [-0.1, -0.05) is 96.8 Å². The summed E-state index contributed by atoms with van der Waals surface area (Å²) in [4.78, 5) is 46.1. The van der Waals surface area contributed by atoms with Crippen LogP contribution in [0.15, 0.2) is 0 Å². The molecule has 0 heterocycles. The average molecular weight is 567 g/mol. The fraction of sp³-hybridized carbons (Fsp3) is 0.875. The predicted octanol–water partition coefficient (Wildman–Crippen LogP) is 6.99. The summed E-state index contributed by atoms with van der Waals surface area (Å²) in [5.41, 5.74) is 0. The van der Waals surface area contributed by atoms with Gasteiger partial charge in [0.05, 0.1) is 0 Å². The van der Waals surface area contributed by atoms with Crippen molar-refractivity contribution in [3.05, 3.63) is 0 Å². The number of hydrogen-bond donors (Lipinski definition) is 4. The van der Waals surface area contributed by atoms with E-state index in [0.29, 0.717) is 31.7 Å². The van der Waals surface area contributed by atoms with E-state index >= 15 is 0 Å². The first-order valence-electron chi connectivity index (χ1n) is 16.3. The standard InChI is InChI=1S/C32H58N2O6/c1-2-28(32(39)40)34-31(38)27-23-21-26(22-24-27)25-33-29(35)19-17-15-13-11-9-7-5-3-4-6-8-10-12-14-16-18-20-30(36)37/h26-28H,2-25H2,1H3,(H,33,35)(H,34,38)(H,36,37)(H,39,40)/t26-,27+,28-/m0/s1. The van der Waals surface area contributed by atoms with Crippen LogP contribution in [0.3, 0.4) is 0 Å². The summed E-state index contributed by atoms with van der Waals surface area (Å²) in [6.07, 6.45) is 23.8. The highest BCUT2D eigenvalue weighted by Crippen LogP contribution is 2.28. The minimum Gasteiger partial charge on any atom is -0.481 e. The van der Waals surface area contributed by atoms with Crippen molar-refractivity contribution in [3.63, 3.8) is 0 Å². The topological polar surface area (TPSA) is 133 Å². The van der Waals surface area contributed by atoms with Crippen molar-refractivity contribution >= 4 is 23.8 Å². The van der Waals surface area contributed by atoms with Gasteiger partial charge in [0, 0.05) is 25.3 Å². The van der Waals surface area contributed by atoms with Crippen LogP contribution >= 0.6 is 0 Å². The highest BCUT2D eigenvalue weighted by molar-refractivity contribution is 5.85. The molecule has 40 heavy (non-hydrogen) atoms. The molecule has 0 saturated heterocycles. The number of hydrogen-bond acceptors (Lipinski definition) is 4. The van der Waals surface area contributed by atoms with Gasteiger partial charge in [0.2, 0.25) is 11.8 Å². The molecule has 0 aromatic heterocycles. The Morgan fingerprint density at radius 1 is 0.650 bits per heavy atom. The number of nitrogens with one attached hydrogen (secondary N) is 2. The maximum absolute atomic E-state index is 12.3. The highest BCUT2D eigenvalue weighted by atomic mass is 16.4. The molecule has 0 aromatic rings. The molecule has 1 rings (SSSR count). The van der Waals surface area contributed by atoms with Crippen LogP contribution in [0.2, 0.25) is 0 Å². The molecule has 0 radical (unpaired) electrons. The second-order valence-electron chi connectivity index (χ2n) is 11.9. The van der Waals surface area contributed by atoms with E-state index < -0.39 is 18.0 Å². The van der Waals surface area contributed by atoms with Crippen LogP contribution in [0.25, 0.3) is 0 Å². The van der Waals surface area contributed by atoms with Crippen LogP contribution in [0, 0.1) is 11.8 Å². The van der Waals surface area contributed by atoms with Gasteiger partial charge in [-0.05, 0) is 50.9 Å². The largest absolute Gasteiger partial charge is 0.481 e. The SMILES string of the molecule is CC[C@H](NC(=O)[C@H]1CC[C@@H](CNC(=O)CCCCCCCCCCCCCCCCCCC(=O)O)CC1)C(=O)O. The third-order valence-electron chi connectivity index (χ3n) is 8.37. The Morgan fingerprint density at radius 3 is 1.48 bits per heavy atom. The summed E-state index contributed by atoms with van der Waals surface area (Å²) < 4.78 is 0. The summed E-state index contributed by atoms with van der Waals surface area (Å²) in [6, 6.07) is -0.808. The molecule has 2 amide bonds. The first-order valence-corrected chi connectivity index (χ1v) is 16.3. The van der Waals surface area contributed by atoms with Crippen molar-refractivity contribution in [1.29, 1.82) is 0 Å². The van der Waals surface area contributed by atoms with Gasteiger partial charge >= 0.3 is 11.9 Å². The molecule has 1 saturated carbocycles. The van der Waals surface area contributed by atoms with Crippen LogP contribution in [0.4, 0.5) is 0 Å². The summed E-state index contributed by atoms with van der Waals surface area (Å²) in [7, 11) is 0. The Balaban J connectivity index is 1.87. The van der Waals surface area contributed by atoms with Crippen LogP contribution in [0.1, 0.15) is 155 Å². The fourth-order valence-electron chi connectivity index (χ4n) is 5.64. The quantitative estimate of drug-likeness (QED) is 0.0880. The zero-order valence-corrected chi connectivity index (χ0v) is 25.2. The molecule has 4 N–H and O–H groups in total. The molecule has 8 heteroatoms. The normalized spacial score (nSPS) is 17.7. The van der Waals surface area contributed by atoms with Crippen molar-refractivity contribution in [2.45, 2.75) is 161 Å². The van der Waals surface area contributed by atoms with E-state index in [1.54, 1.807) is 6.92 Å². The highest BCUT2D eigenvalue weighted by Gasteiger charge is 2.28. The number of carbonyl (C=O) groups excluding carboxylic acids is 2. The Bertz CT molecular complexity index is 706. The first kappa shape index (κ1) is 35.9. The molecule has 1 aliphatic rings. The van der Waals surface area contributed by atoms with Crippen LogP contribution in [0.5, 0.6) is 0 Å². The molecule has 8 nitrogen and oxygen atoms in total. The Kier molecular flexibility index (Phi) is 21.2. The molecular formula is C32H58N2O6. The number of aliphatic carboxylic acids is 2. The van der Waals surface area contributed by atoms with Crippen molar-refractivity contribution in [1.82, 2.24) is 10.6 Å². The molecule has 0 bridgehead atoms. The van der Waals surface area contributed by atoms with Gasteiger partial charge in [-0.2, -0.15) is 0 Å². The first-order chi connectivity index (χ1) is 19.3. The second kappa shape index (κ2) is 23.6. The number of unbranched alkanes of at least 4 members (excludes halogenated alkanes) is 15. The van der Waals surface area contributed by atoms with Crippen LogP contribution < -0.4 is 10.6 Å². The lowest BCUT2D eigenvalue weighted by molar-refractivity contribution is -0.142. The predicted molar refractivity (Wildman–Crippen MR) is 159 cm³/mol. The van der Waals surface area contributed by atoms with Gasteiger partial charge < -0.3 is 20.8 Å². The summed E-state index contributed by atoms with van der Waals surface area (Å²) >= 11 is 0. The van der Waals surface area contributed by atoms with E-state index in [1.807, 2.05) is 0 Å². The van der Waals surface area contributed by atoms with Crippen molar-refractivity contribution in [3.8, 4) is 0 Å². The molecule has 1 fully saturated rings. The minimum atomic E-state index is -0.985. The average Bonchev–Trinajstić information content (AvgIpc) is 2.93. The molecule has 1 atom stereocenters. The molecule has 0 aliphatic heterocycles. The van der Waals surface area contributed by atoms with Gasteiger partial charge in [0.15, 0.2) is 0 Å². The number of rotatable bonds is 25. The van der Waals surface area contributed by atoms with Gasteiger partial charge in [-0.15, -0.1) is 0 Å². The maximum atomic E-state index is 12.3. The van der Waals surface area contributed by atoms with E-state index in [4.69, 9.17) is 10.2 Å². The van der Waals surface area contributed by atoms with Gasteiger partial charge in [-0.25, -0.2) is 4.79 Å². The maximum Gasteiger partial charge on any atom is 0.326 e. The minimum absolute atomic E-state index is 0.120. The lowest BCUT2D eigenvalue weighted by Gasteiger charge is -2.28. The lowest BCUT2D eigenvalue weighted by Crippen LogP contribution is -2.44. The number of amides is 2. The number of carbonyl (C=O) groups is 4. The number of carboxylic acid groups (broad SMARTS) is 2. The van der Waals surface area contributed by atoms with E-state index in [-0.39, 0.29) is 17.7 Å². The second-order valence-corrected chi connectivity index (χ2v) is 11.9.